The molecule has 1 aromatic heterocycles. The fraction of sp³-hybridized carbons (Fsp3) is 0.267. The molecule has 0 aliphatic rings. The van der Waals surface area contributed by atoms with Gasteiger partial charge in [-0.15, -0.1) is 0 Å². The number of carboxylic acid groups (broad SMARTS) is 1. The molecule has 0 bridgehead atoms. The second kappa shape index (κ2) is 8.03. The lowest BCUT2D eigenvalue weighted by Gasteiger charge is -2.17. The van der Waals surface area contributed by atoms with E-state index in [1.807, 2.05) is 6.07 Å². The SMILES string of the molecule is CN(CCC(=O)O)C(=O)Nc1ccnn1Cc1cccc(Cl)c1Cl. The minimum Gasteiger partial charge on any atom is -0.481 e. The number of rotatable bonds is 6. The van der Waals surface area contributed by atoms with Crippen LogP contribution in [0.3, 0.4) is 0 Å². The van der Waals surface area contributed by atoms with E-state index in [0.717, 1.165) is 5.56 Å². The Hall–Kier alpha value is -2.25. The number of nitrogens with zero attached hydrogens (tertiary/aromatic N) is 3. The summed E-state index contributed by atoms with van der Waals surface area (Å²) in [6.45, 7) is 0.441. The smallest absolute Gasteiger partial charge is 0.322 e. The number of carbonyl (C=O) groups is 2. The number of aromatic nitrogens is 2. The van der Waals surface area contributed by atoms with Crippen LogP contribution in [-0.2, 0) is 11.3 Å². The van der Waals surface area contributed by atoms with Gasteiger partial charge in [-0.3, -0.25) is 10.1 Å². The number of aliphatic carboxylic acids is 1. The highest BCUT2D eigenvalue weighted by molar-refractivity contribution is 6.42. The van der Waals surface area contributed by atoms with E-state index in [1.165, 1.54) is 11.9 Å². The third-order valence-corrected chi connectivity index (χ3v) is 4.17. The minimum atomic E-state index is -0.963. The van der Waals surface area contributed by atoms with Gasteiger partial charge in [0.2, 0.25) is 0 Å². The lowest BCUT2D eigenvalue weighted by atomic mass is 10.2. The fourth-order valence-corrected chi connectivity index (χ4v) is 2.35. The Morgan fingerprint density at radius 2 is 2.08 bits per heavy atom. The molecular formula is C15H16Cl2N4O3. The fourth-order valence-electron chi connectivity index (χ4n) is 1.97. The molecule has 0 atom stereocenters. The van der Waals surface area contributed by atoms with E-state index >= 15 is 0 Å². The Morgan fingerprint density at radius 1 is 1.33 bits per heavy atom. The van der Waals surface area contributed by atoms with E-state index in [-0.39, 0.29) is 13.0 Å². The summed E-state index contributed by atoms with van der Waals surface area (Å²) in [4.78, 5) is 23.9. The predicted octanol–water partition coefficient (Wildman–Crippen LogP) is 3.18. The molecule has 24 heavy (non-hydrogen) atoms. The van der Waals surface area contributed by atoms with Crippen molar-refractivity contribution >= 4 is 41.0 Å². The van der Waals surface area contributed by atoms with Crippen LogP contribution in [0.2, 0.25) is 10.0 Å². The molecule has 2 aromatic rings. The van der Waals surface area contributed by atoms with Crippen LogP contribution >= 0.6 is 23.2 Å². The molecule has 7 nitrogen and oxygen atoms in total. The summed E-state index contributed by atoms with van der Waals surface area (Å²) in [5.41, 5.74) is 0.766. The molecule has 0 fully saturated rings. The van der Waals surface area contributed by atoms with Gasteiger partial charge in [-0.05, 0) is 11.6 Å². The Kier molecular flexibility index (Phi) is 6.05. The van der Waals surface area contributed by atoms with E-state index in [9.17, 15) is 9.59 Å². The second-order valence-corrected chi connectivity index (χ2v) is 5.87. The molecule has 0 unspecified atom stereocenters. The minimum absolute atomic E-state index is 0.107. The highest BCUT2D eigenvalue weighted by Crippen LogP contribution is 2.26. The Morgan fingerprint density at radius 3 is 2.79 bits per heavy atom. The standard InChI is InChI=1S/C15H16Cl2N4O3/c1-20(8-6-13(22)23)15(24)19-12-5-7-18-21(12)9-10-3-2-4-11(16)14(10)17/h2-5,7H,6,8-9H2,1H3,(H,19,24)(H,22,23). The van der Waals surface area contributed by atoms with Gasteiger partial charge in [0.25, 0.3) is 0 Å². The number of urea groups is 1. The molecule has 0 aliphatic carbocycles. The number of carboxylic acids is 1. The van der Waals surface area contributed by atoms with Gasteiger partial charge < -0.3 is 10.0 Å². The van der Waals surface area contributed by atoms with E-state index < -0.39 is 12.0 Å². The third kappa shape index (κ3) is 4.62. The topological polar surface area (TPSA) is 87.5 Å². The van der Waals surface area contributed by atoms with Crippen molar-refractivity contribution in [1.82, 2.24) is 14.7 Å². The van der Waals surface area contributed by atoms with Gasteiger partial charge in [0, 0.05) is 19.7 Å². The highest BCUT2D eigenvalue weighted by atomic mass is 35.5. The van der Waals surface area contributed by atoms with Crippen molar-refractivity contribution in [3.63, 3.8) is 0 Å². The maximum absolute atomic E-state index is 12.1. The van der Waals surface area contributed by atoms with Crippen LogP contribution in [0.25, 0.3) is 0 Å². The molecule has 2 N–H and O–H groups in total. The largest absolute Gasteiger partial charge is 0.481 e. The number of amides is 2. The summed E-state index contributed by atoms with van der Waals surface area (Å²) >= 11 is 12.2. The molecule has 2 rings (SSSR count). The first kappa shape index (κ1) is 18.1. The molecule has 0 spiro atoms. The summed E-state index contributed by atoms with van der Waals surface area (Å²) < 4.78 is 1.57. The average Bonchev–Trinajstić information content (AvgIpc) is 2.96. The molecular weight excluding hydrogens is 355 g/mol. The van der Waals surface area contributed by atoms with Crippen molar-refractivity contribution in [1.29, 1.82) is 0 Å². The lowest BCUT2D eigenvalue weighted by Crippen LogP contribution is -2.33. The van der Waals surface area contributed by atoms with Gasteiger partial charge in [0.15, 0.2) is 0 Å². The van der Waals surface area contributed by atoms with Crippen LogP contribution < -0.4 is 5.32 Å². The maximum Gasteiger partial charge on any atom is 0.322 e. The first-order valence-corrected chi connectivity index (χ1v) is 7.82. The van der Waals surface area contributed by atoms with Crippen LogP contribution in [0.4, 0.5) is 10.6 Å². The zero-order chi connectivity index (χ0) is 17.7. The van der Waals surface area contributed by atoms with E-state index in [2.05, 4.69) is 10.4 Å². The predicted molar refractivity (Wildman–Crippen MR) is 91.7 cm³/mol. The van der Waals surface area contributed by atoms with Crippen LogP contribution in [0.15, 0.2) is 30.5 Å². The summed E-state index contributed by atoms with van der Waals surface area (Å²) in [5.74, 6) is -0.492. The highest BCUT2D eigenvalue weighted by Gasteiger charge is 2.14. The van der Waals surface area contributed by atoms with Crippen molar-refractivity contribution in [3.05, 3.63) is 46.1 Å². The van der Waals surface area contributed by atoms with E-state index in [4.69, 9.17) is 28.3 Å². The van der Waals surface area contributed by atoms with E-state index in [1.54, 1.807) is 29.1 Å². The zero-order valence-corrected chi connectivity index (χ0v) is 14.4. The van der Waals surface area contributed by atoms with Gasteiger partial charge in [0.1, 0.15) is 5.82 Å². The normalized spacial score (nSPS) is 10.5. The quantitative estimate of drug-likeness (QED) is 0.817. The van der Waals surface area contributed by atoms with Crippen molar-refractivity contribution in [2.75, 3.05) is 18.9 Å². The Bertz CT molecular complexity index is 748. The van der Waals surface area contributed by atoms with Crippen LogP contribution in [0, 0.1) is 0 Å². The van der Waals surface area contributed by atoms with Gasteiger partial charge in [-0.1, -0.05) is 35.3 Å². The van der Waals surface area contributed by atoms with Gasteiger partial charge in [0.05, 0.1) is 29.2 Å². The number of carbonyl (C=O) groups excluding carboxylic acids is 1. The molecule has 0 saturated heterocycles. The summed E-state index contributed by atoms with van der Waals surface area (Å²) in [6.07, 6.45) is 1.42. The van der Waals surface area contributed by atoms with Gasteiger partial charge >= 0.3 is 12.0 Å². The molecule has 0 saturated carbocycles. The third-order valence-electron chi connectivity index (χ3n) is 3.31. The number of halogens is 2. The maximum atomic E-state index is 12.1. The number of benzene rings is 1. The van der Waals surface area contributed by atoms with Crippen LogP contribution in [0.5, 0.6) is 0 Å². The van der Waals surface area contributed by atoms with Crippen LogP contribution in [-0.4, -0.2) is 45.4 Å². The monoisotopic (exact) mass is 370 g/mol. The number of hydrogen-bond donors (Lipinski definition) is 2. The summed E-state index contributed by atoms with van der Waals surface area (Å²) in [5, 5.41) is 16.4. The Labute approximate surface area is 148 Å². The summed E-state index contributed by atoms with van der Waals surface area (Å²) in [7, 11) is 1.52. The number of nitrogens with one attached hydrogen (secondary N) is 1. The second-order valence-electron chi connectivity index (χ2n) is 5.08. The molecule has 0 radical (unpaired) electrons. The average molecular weight is 371 g/mol. The zero-order valence-electron chi connectivity index (χ0n) is 12.9. The van der Waals surface area contributed by atoms with Crippen molar-refractivity contribution < 1.29 is 14.7 Å². The molecule has 1 heterocycles. The van der Waals surface area contributed by atoms with Crippen molar-refractivity contribution in [2.24, 2.45) is 0 Å². The van der Waals surface area contributed by atoms with E-state index in [0.29, 0.717) is 22.4 Å². The molecule has 9 heteroatoms. The Balaban J connectivity index is 2.06. The molecule has 0 aliphatic heterocycles. The van der Waals surface area contributed by atoms with Crippen molar-refractivity contribution in [3.8, 4) is 0 Å². The number of hydrogen-bond acceptors (Lipinski definition) is 3. The van der Waals surface area contributed by atoms with Gasteiger partial charge in [-0.2, -0.15) is 5.10 Å². The lowest BCUT2D eigenvalue weighted by molar-refractivity contribution is -0.137. The first-order chi connectivity index (χ1) is 11.4. The molecule has 128 valence electrons. The summed E-state index contributed by atoms with van der Waals surface area (Å²) in [6, 6.07) is 6.51. The molecule has 2 amide bonds. The van der Waals surface area contributed by atoms with Gasteiger partial charge in [-0.25, -0.2) is 9.48 Å². The molecule has 1 aromatic carbocycles. The van der Waals surface area contributed by atoms with Crippen LogP contribution in [0.1, 0.15) is 12.0 Å². The number of anilines is 1. The first-order valence-electron chi connectivity index (χ1n) is 7.07. The van der Waals surface area contributed by atoms with Crippen molar-refractivity contribution in [2.45, 2.75) is 13.0 Å².